The van der Waals surface area contributed by atoms with Crippen LogP contribution in [0.15, 0.2) is 361 Å². The van der Waals surface area contributed by atoms with E-state index in [1.165, 1.54) is 179 Å². The van der Waals surface area contributed by atoms with Crippen molar-refractivity contribution in [2.24, 2.45) is 0 Å². The third-order valence-corrected chi connectivity index (χ3v) is 26.0. The van der Waals surface area contributed by atoms with Gasteiger partial charge in [0, 0.05) is 72.9 Å². The normalized spacial score (nSPS) is 12.3. The van der Waals surface area contributed by atoms with Gasteiger partial charge in [-0.1, -0.05) is 366 Å². The zero-order valence-electron chi connectivity index (χ0n) is 66.9. The van der Waals surface area contributed by atoms with Gasteiger partial charge in [-0.25, -0.2) is 0 Å². The first-order valence-corrected chi connectivity index (χ1v) is 42.2. The van der Waals surface area contributed by atoms with Crippen molar-refractivity contribution in [3.05, 3.63) is 385 Å². The van der Waals surface area contributed by atoms with E-state index in [-0.39, 0.29) is 5.41 Å². The zero-order chi connectivity index (χ0) is 78.6. The van der Waals surface area contributed by atoms with Crippen LogP contribution in [-0.2, 0) is 5.41 Å². The van der Waals surface area contributed by atoms with Crippen molar-refractivity contribution in [3.63, 3.8) is 0 Å². The molecule has 560 valence electrons. The Balaban J connectivity index is 0.000000106. The van der Waals surface area contributed by atoms with Crippen LogP contribution in [-0.4, -0.2) is 0 Å². The summed E-state index contributed by atoms with van der Waals surface area (Å²) in [6.07, 6.45) is 0. The molecule has 0 radical (unpaired) electrons. The van der Waals surface area contributed by atoms with Crippen molar-refractivity contribution in [1.82, 2.24) is 0 Å². The highest BCUT2D eigenvalue weighted by Crippen LogP contribution is 2.51. The van der Waals surface area contributed by atoms with Gasteiger partial charge in [-0.15, -0.1) is 22.7 Å². The van der Waals surface area contributed by atoms with Crippen LogP contribution in [0.4, 0.5) is 0 Å². The minimum atomic E-state index is -0.00197. The molecule has 21 rings (SSSR count). The number of thiophene rings is 2. The maximum Gasteiger partial charge on any atom is 0.143 e. The van der Waals surface area contributed by atoms with Crippen molar-refractivity contribution in [3.8, 4) is 89.0 Å². The predicted octanol–water partition coefficient (Wildman–Crippen LogP) is 33.7. The van der Waals surface area contributed by atoms with Crippen molar-refractivity contribution in [2.75, 3.05) is 0 Å². The third kappa shape index (κ3) is 14.5. The van der Waals surface area contributed by atoms with Crippen LogP contribution in [0.1, 0.15) is 126 Å². The molecule has 0 aliphatic heterocycles. The molecule has 4 heteroatoms. The lowest BCUT2D eigenvalue weighted by molar-refractivity contribution is 0.658. The van der Waals surface area contributed by atoms with E-state index in [1.54, 1.807) is 0 Å². The summed E-state index contributed by atoms with van der Waals surface area (Å²) in [5, 5.41) is 10.1. The molecule has 0 spiro atoms. The Bertz CT molecular complexity index is 6710. The van der Waals surface area contributed by atoms with Gasteiger partial charge < -0.3 is 8.83 Å². The fourth-order valence-electron chi connectivity index (χ4n) is 16.8. The van der Waals surface area contributed by atoms with E-state index in [0.29, 0.717) is 23.7 Å². The molecule has 4 aromatic heterocycles. The number of hydrogen-bond acceptors (Lipinski definition) is 4. The molecule has 4 heterocycles. The first-order chi connectivity index (χ1) is 56.0. The summed E-state index contributed by atoms with van der Waals surface area (Å²) in [5.74, 6) is 2.23. The summed E-state index contributed by atoms with van der Waals surface area (Å²) in [6, 6.07) is 128. The lowest BCUT2D eigenvalue weighted by Gasteiger charge is -2.23. The summed E-state index contributed by atoms with van der Waals surface area (Å²) in [5.41, 5.74) is 32.4. The monoisotopic (exact) mass is 1520 g/mol. The van der Waals surface area contributed by atoms with E-state index < -0.39 is 0 Å². The highest BCUT2D eigenvalue weighted by atomic mass is 32.1. The molecule has 0 bridgehead atoms. The van der Waals surface area contributed by atoms with Crippen molar-refractivity contribution in [2.45, 2.75) is 98.3 Å². The SMILES string of the molecule is CC(C)c1ccc(-c2ccc(-c3ccc4sc5ccccc5c4c3)cc2)cc1.CC(C)c1ccc(-c2ccc(-c3cccc4c3oc3ccccc34)cc2)cc1.CC(C)c1ccc(-c2ccc(-c3cccc4c3sc3ccccc34)cc2)cc1.CC(C)c1ccc2c(c1)C(C)(C)c1cc(-c3ccc4oc5ccccc5c4c3)ccc1-2. The number of para-hydroxylation sites is 3. The quantitative estimate of drug-likeness (QED) is 0.129. The van der Waals surface area contributed by atoms with Crippen molar-refractivity contribution < 1.29 is 8.83 Å². The highest BCUT2D eigenvalue weighted by molar-refractivity contribution is 7.26. The van der Waals surface area contributed by atoms with Crippen LogP contribution < -0.4 is 0 Å². The lowest BCUT2D eigenvalue weighted by Crippen LogP contribution is -2.15. The minimum absolute atomic E-state index is 0.00197. The smallest absolute Gasteiger partial charge is 0.143 e. The molecule has 115 heavy (non-hydrogen) atoms. The molecule has 0 amide bonds. The summed E-state index contributed by atoms with van der Waals surface area (Å²) >= 11 is 3.76. The average molecular weight is 1520 g/mol. The molecule has 0 saturated heterocycles. The van der Waals surface area contributed by atoms with Crippen LogP contribution >= 0.6 is 22.7 Å². The molecule has 20 aromatic rings. The van der Waals surface area contributed by atoms with Crippen LogP contribution in [0.25, 0.3) is 173 Å². The number of furan rings is 2. The second kappa shape index (κ2) is 31.2. The van der Waals surface area contributed by atoms with Gasteiger partial charge in [0.1, 0.15) is 22.3 Å². The molecule has 0 saturated carbocycles. The zero-order valence-corrected chi connectivity index (χ0v) is 68.6. The van der Waals surface area contributed by atoms with E-state index in [0.717, 1.165) is 27.9 Å². The highest BCUT2D eigenvalue weighted by Gasteiger charge is 2.36. The van der Waals surface area contributed by atoms with Gasteiger partial charge >= 0.3 is 0 Å². The number of benzene rings is 16. The number of fused-ring (bicyclic) bond motifs is 15. The molecule has 16 aromatic carbocycles. The summed E-state index contributed by atoms with van der Waals surface area (Å²) in [6.45, 7) is 22.6. The first-order valence-electron chi connectivity index (χ1n) is 40.6. The average Bonchev–Trinajstić information content (AvgIpc) is 1.57. The Kier molecular flexibility index (Phi) is 20.0. The van der Waals surface area contributed by atoms with Crippen LogP contribution in [0, 0.1) is 0 Å². The standard InChI is InChI=1S/C30H26O.C27H22O.2C27H22S/c1-18(2)19-9-12-22-23-13-10-21(17-27(23)30(3,4)26(22)16-19)20-11-14-29-25(15-20)24-7-5-6-8-28(24)31-29;2*1-18(2)19-10-12-20(13-11-19)21-14-16-22(17-15-21)23-7-5-8-25-24-6-3-4-9-26(24)28-27(23)25;1-18(2)19-7-9-20(10-8-19)21-11-13-22(14-12-21)23-15-16-27-25(17-23)24-5-3-4-6-26(24)28-27/h5-18H,1-4H3;3*3-18H,1-2H3. The van der Waals surface area contributed by atoms with Gasteiger partial charge in [0.05, 0.1) is 0 Å². The number of rotatable bonds is 11. The van der Waals surface area contributed by atoms with Crippen molar-refractivity contribution >= 4 is 107 Å². The molecular weight excluding hydrogens is 1430 g/mol. The van der Waals surface area contributed by atoms with Crippen LogP contribution in [0.2, 0.25) is 0 Å². The molecule has 0 atom stereocenters. The minimum Gasteiger partial charge on any atom is -0.456 e. The van der Waals surface area contributed by atoms with Crippen LogP contribution in [0.3, 0.4) is 0 Å². The Morgan fingerprint density at radius 3 is 1.10 bits per heavy atom. The molecule has 0 N–H and O–H groups in total. The van der Waals surface area contributed by atoms with Gasteiger partial charge in [-0.05, 0) is 195 Å². The first kappa shape index (κ1) is 74.0. The summed E-state index contributed by atoms with van der Waals surface area (Å²) in [4.78, 5) is 0. The van der Waals surface area contributed by atoms with Gasteiger partial charge in [0.15, 0.2) is 0 Å². The fraction of sp³-hybridized carbons (Fsp3) is 0.135. The second-order valence-electron chi connectivity index (χ2n) is 32.6. The molecule has 0 unspecified atom stereocenters. The Hall–Kier alpha value is -12.4. The molecule has 1 aliphatic rings. The van der Waals surface area contributed by atoms with Gasteiger partial charge in [0.25, 0.3) is 0 Å². The summed E-state index contributed by atoms with van der Waals surface area (Å²) in [7, 11) is 0. The molecule has 0 fully saturated rings. The Morgan fingerprint density at radius 2 is 0.557 bits per heavy atom. The maximum atomic E-state index is 6.19. The van der Waals surface area contributed by atoms with Gasteiger partial charge in [-0.3, -0.25) is 0 Å². The Labute approximate surface area is 683 Å². The van der Waals surface area contributed by atoms with E-state index >= 15 is 0 Å². The molecule has 2 nitrogen and oxygen atoms in total. The van der Waals surface area contributed by atoms with Crippen molar-refractivity contribution in [1.29, 1.82) is 0 Å². The summed E-state index contributed by atoms with van der Waals surface area (Å²) < 4.78 is 17.6. The number of hydrogen-bond donors (Lipinski definition) is 0. The van der Waals surface area contributed by atoms with E-state index in [4.69, 9.17) is 8.83 Å². The van der Waals surface area contributed by atoms with E-state index in [1.807, 2.05) is 46.9 Å². The van der Waals surface area contributed by atoms with E-state index in [2.05, 4.69) is 397 Å². The topological polar surface area (TPSA) is 26.3 Å². The van der Waals surface area contributed by atoms with Gasteiger partial charge in [0.2, 0.25) is 0 Å². The Morgan fingerprint density at radius 1 is 0.217 bits per heavy atom. The molecule has 1 aliphatic carbocycles. The largest absolute Gasteiger partial charge is 0.456 e. The fourth-order valence-corrected chi connectivity index (χ4v) is 19.1. The second-order valence-corrected chi connectivity index (χ2v) is 34.7. The van der Waals surface area contributed by atoms with Crippen LogP contribution in [0.5, 0.6) is 0 Å². The predicted molar refractivity (Wildman–Crippen MR) is 498 cm³/mol. The molecular formula is C111H92O2S2. The maximum absolute atomic E-state index is 6.19. The third-order valence-electron chi connectivity index (χ3n) is 23.6. The van der Waals surface area contributed by atoms with Gasteiger partial charge in [-0.2, -0.15) is 0 Å². The lowest BCUT2D eigenvalue weighted by atomic mass is 9.80. The van der Waals surface area contributed by atoms with E-state index in [9.17, 15) is 0 Å².